The van der Waals surface area contributed by atoms with Crippen LogP contribution in [0.3, 0.4) is 0 Å². The molecule has 0 spiro atoms. The molecular weight excluding hydrogens is 247 g/mol. The molecule has 19 heavy (non-hydrogen) atoms. The lowest BCUT2D eigenvalue weighted by molar-refractivity contribution is 0.244. The van der Waals surface area contributed by atoms with Gasteiger partial charge in [-0.05, 0) is 25.0 Å². The first-order chi connectivity index (χ1) is 9.19. The van der Waals surface area contributed by atoms with Crippen LogP contribution < -0.4 is 15.4 Å². The van der Waals surface area contributed by atoms with Crippen LogP contribution in [-0.4, -0.2) is 19.2 Å². The average Bonchev–Trinajstić information content (AvgIpc) is 2.42. The van der Waals surface area contributed by atoms with Crippen molar-refractivity contribution in [2.24, 2.45) is 0 Å². The van der Waals surface area contributed by atoms with E-state index < -0.39 is 5.82 Å². The summed E-state index contributed by atoms with van der Waals surface area (Å²) in [6.45, 7) is 0. The van der Waals surface area contributed by atoms with Crippen LogP contribution in [0.1, 0.15) is 32.1 Å². The van der Waals surface area contributed by atoms with E-state index in [2.05, 4.69) is 10.6 Å². The molecule has 0 radical (unpaired) electrons. The van der Waals surface area contributed by atoms with E-state index in [0.29, 0.717) is 11.4 Å². The smallest absolute Gasteiger partial charge is 0.319 e. The van der Waals surface area contributed by atoms with Gasteiger partial charge in [-0.2, -0.15) is 0 Å². The van der Waals surface area contributed by atoms with E-state index in [0.717, 1.165) is 25.7 Å². The van der Waals surface area contributed by atoms with E-state index in [1.54, 1.807) is 0 Å². The summed E-state index contributed by atoms with van der Waals surface area (Å²) in [5, 5.41) is 5.63. The lowest BCUT2D eigenvalue weighted by Crippen LogP contribution is -2.39. The predicted molar refractivity (Wildman–Crippen MR) is 72.0 cm³/mol. The summed E-state index contributed by atoms with van der Waals surface area (Å²) in [7, 11) is 1.44. The van der Waals surface area contributed by atoms with Crippen LogP contribution in [0.4, 0.5) is 14.9 Å². The van der Waals surface area contributed by atoms with Crippen molar-refractivity contribution in [3.63, 3.8) is 0 Å². The van der Waals surface area contributed by atoms with Crippen molar-refractivity contribution in [2.45, 2.75) is 38.1 Å². The van der Waals surface area contributed by atoms with E-state index in [-0.39, 0.29) is 12.1 Å². The Balaban J connectivity index is 1.94. The van der Waals surface area contributed by atoms with E-state index in [4.69, 9.17) is 4.74 Å². The molecule has 0 heterocycles. The first kappa shape index (κ1) is 13.6. The van der Waals surface area contributed by atoms with Crippen LogP contribution in [-0.2, 0) is 0 Å². The zero-order chi connectivity index (χ0) is 13.7. The number of nitrogens with one attached hydrogen (secondary N) is 2. The van der Waals surface area contributed by atoms with Gasteiger partial charge >= 0.3 is 6.03 Å². The maximum Gasteiger partial charge on any atom is 0.319 e. The minimum absolute atomic E-state index is 0.236. The molecule has 4 nitrogen and oxygen atoms in total. The molecule has 0 bridgehead atoms. The fourth-order valence-corrected chi connectivity index (χ4v) is 2.36. The third kappa shape index (κ3) is 3.84. The normalized spacial score (nSPS) is 15.9. The third-order valence-electron chi connectivity index (χ3n) is 3.35. The molecule has 104 valence electrons. The fraction of sp³-hybridized carbons (Fsp3) is 0.500. The summed E-state index contributed by atoms with van der Waals surface area (Å²) >= 11 is 0. The molecular formula is C14H19FN2O2. The number of hydrogen-bond acceptors (Lipinski definition) is 2. The zero-order valence-electron chi connectivity index (χ0n) is 11.0. The second-order valence-corrected chi connectivity index (χ2v) is 4.78. The quantitative estimate of drug-likeness (QED) is 0.882. The summed E-state index contributed by atoms with van der Waals surface area (Å²) in [6, 6.07) is 4.00. The minimum Gasteiger partial charge on any atom is -0.494 e. The van der Waals surface area contributed by atoms with Crippen molar-refractivity contribution >= 4 is 11.7 Å². The lowest BCUT2D eigenvalue weighted by atomic mass is 9.96. The van der Waals surface area contributed by atoms with Gasteiger partial charge < -0.3 is 15.4 Å². The molecule has 1 aromatic rings. The van der Waals surface area contributed by atoms with Gasteiger partial charge in [0, 0.05) is 12.1 Å². The van der Waals surface area contributed by atoms with Crippen molar-refractivity contribution in [1.82, 2.24) is 5.32 Å². The number of anilines is 1. The zero-order valence-corrected chi connectivity index (χ0v) is 11.0. The van der Waals surface area contributed by atoms with Crippen LogP contribution in [0.25, 0.3) is 0 Å². The third-order valence-corrected chi connectivity index (χ3v) is 3.35. The second-order valence-electron chi connectivity index (χ2n) is 4.78. The number of benzene rings is 1. The largest absolute Gasteiger partial charge is 0.494 e. The predicted octanol–water partition coefficient (Wildman–Crippen LogP) is 3.29. The van der Waals surface area contributed by atoms with E-state index in [1.165, 1.54) is 31.7 Å². The maximum absolute atomic E-state index is 13.0. The van der Waals surface area contributed by atoms with Gasteiger partial charge in [-0.15, -0.1) is 0 Å². The van der Waals surface area contributed by atoms with Gasteiger partial charge in [0.2, 0.25) is 0 Å². The highest BCUT2D eigenvalue weighted by molar-refractivity contribution is 5.91. The van der Waals surface area contributed by atoms with Crippen molar-refractivity contribution < 1.29 is 13.9 Å². The number of carbonyl (C=O) groups is 1. The van der Waals surface area contributed by atoms with Crippen molar-refractivity contribution in [3.05, 3.63) is 24.0 Å². The number of carbonyl (C=O) groups excluding carboxylic acids is 1. The highest BCUT2D eigenvalue weighted by Gasteiger charge is 2.16. The Morgan fingerprint density at radius 3 is 2.74 bits per heavy atom. The standard InChI is InChI=1S/C14H19FN2O2/c1-19-13-9-10(15)7-8-12(13)17-14(18)16-11-5-3-2-4-6-11/h7-9,11H,2-6H2,1H3,(H2,16,17,18). The van der Waals surface area contributed by atoms with Gasteiger partial charge in [-0.25, -0.2) is 9.18 Å². The van der Waals surface area contributed by atoms with Gasteiger partial charge in [0.1, 0.15) is 11.6 Å². The fourth-order valence-electron chi connectivity index (χ4n) is 2.36. The van der Waals surface area contributed by atoms with Crippen molar-refractivity contribution in [3.8, 4) is 5.75 Å². The molecule has 1 aliphatic carbocycles. The van der Waals surface area contributed by atoms with Crippen LogP contribution in [0.5, 0.6) is 5.75 Å². The molecule has 0 atom stereocenters. The Morgan fingerprint density at radius 2 is 2.05 bits per heavy atom. The van der Waals surface area contributed by atoms with Gasteiger partial charge in [0.15, 0.2) is 0 Å². The van der Waals surface area contributed by atoms with Crippen LogP contribution in [0.15, 0.2) is 18.2 Å². The molecule has 0 aromatic heterocycles. The SMILES string of the molecule is COc1cc(F)ccc1NC(=O)NC1CCCCC1. The summed E-state index contributed by atoms with van der Waals surface area (Å²) < 4.78 is 18.1. The minimum atomic E-state index is -0.393. The number of hydrogen-bond donors (Lipinski definition) is 2. The average molecular weight is 266 g/mol. The molecule has 5 heteroatoms. The Labute approximate surface area is 112 Å². The molecule has 0 unspecified atom stereocenters. The summed E-state index contributed by atoms with van der Waals surface area (Å²) in [6.07, 6.45) is 5.60. The Morgan fingerprint density at radius 1 is 1.32 bits per heavy atom. The molecule has 1 fully saturated rings. The van der Waals surface area contributed by atoms with Crippen LogP contribution in [0, 0.1) is 5.82 Å². The molecule has 1 saturated carbocycles. The Hall–Kier alpha value is -1.78. The van der Waals surface area contributed by atoms with Gasteiger partial charge in [0.05, 0.1) is 12.8 Å². The molecule has 0 aliphatic heterocycles. The van der Waals surface area contributed by atoms with Gasteiger partial charge in [-0.3, -0.25) is 0 Å². The summed E-state index contributed by atoms with van der Waals surface area (Å²) in [5.74, 6) is -0.0751. The lowest BCUT2D eigenvalue weighted by Gasteiger charge is -2.23. The molecule has 1 aromatic carbocycles. The van der Waals surface area contributed by atoms with Crippen LogP contribution in [0.2, 0.25) is 0 Å². The monoisotopic (exact) mass is 266 g/mol. The number of halogens is 1. The highest BCUT2D eigenvalue weighted by atomic mass is 19.1. The summed E-state index contributed by atoms with van der Waals surface area (Å²) in [5.41, 5.74) is 0.470. The first-order valence-corrected chi connectivity index (χ1v) is 6.60. The van der Waals surface area contributed by atoms with E-state index in [9.17, 15) is 9.18 Å². The number of methoxy groups -OCH3 is 1. The molecule has 1 aliphatic rings. The van der Waals surface area contributed by atoms with Crippen molar-refractivity contribution in [1.29, 1.82) is 0 Å². The number of amides is 2. The molecule has 2 N–H and O–H groups in total. The topological polar surface area (TPSA) is 50.4 Å². The van der Waals surface area contributed by atoms with Gasteiger partial charge in [-0.1, -0.05) is 19.3 Å². The van der Waals surface area contributed by atoms with Gasteiger partial charge in [0.25, 0.3) is 0 Å². The number of ether oxygens (including phenoxy) is 1. The van der Waals surface area contributed by atoms with Crippen LogP contribution >= 0.6 is 0 Å². The van der Waals surface area contributed by atoms with E-state index >= 15 is 0 Å². The number of urea groups is 1. The van der Waals surface area contributed by atoms with E-state index in [1.807, 2.05) is 0 Å². The molecule has 0 saturated heterocycles. The first-order valence-electron chi connectivity index (χ1n) is 6.60. The number of rotatable bonds is 3. The Kier molecular flexibility index (Phi) is 4.60. The second kappa shape index (κ2) is 6.41. The maximum atomic E-state index is 13.0. The summed E-state index contributed by atoms with van der Waals surface area (Å²) in [4.78, 5) is 11.9. The molecule has 2 rings (SSSR count). The van der Waals surface area contributed by atoms with Crippen molar-refractivity contribution in [2.75, 3.05) is 12.4 Å². The highest BCUT2D eigenvalue weighted by Crippen LogP contribution is 2.25. The molecule has 2 amide bonds. The Bertz CT molecular complexity index is 445.